The van der Waals surface area contributed by atoms with Gasteiger partial charge in [-0.05, 0) is 66.4 Å². The highest BCUT2D eigenvalue weighted by Gasteiger charge is 2.20. The van der Waals surface area contributed by atoms with Gasteiger partial charge >= 0.3 is 5.97 Å². The highest BCUT2D eigenvalue weighted by atomic mass is 16.5. The number of ketones is 1. The Balaban J connectivity index is 1.72. The number of Topliss-reactive ketones (excluding diaryl/α,β-unsaturated/α-hetero) is 1. The fraction of sp³-hybridized carbons (Fsp3) is 0.250. The van der Waals surface area contributed by atoms with Crippen LogP contribution in [0, 0.1) is 11.8 Å². The molecule has 0 bridgehead atoms. The van der Waals surface area contributed by atoms with E-state index in [1.54, 1.807) is 38.1 Å². The molecule has 2 N–H and O–H groups in total. The molecule has 0 aliphatic rings. The van der Waals surface area contributed by atoms with E-state index in [0.717, 1.165) is 6.42 Å². The lowest BCUT2D eigenvalue weighted by atomic mass is 9.96. The Hall–Kier alpha value is -3.93. The largest absolute Gasteiger partial charge is 0.478 e. The molecule has 0 radical (unpaired) electrons. The zero-order chi connectivity index (χ0) is 24.8. The first-order valence-corrected chi connectivity index (χ1v) is 11.2. The second-order valence-electron chi connectivity index (χ2n) is 8.91. The van der Waals surface area contributed by atoms with Crippen molar-refractivity contribution in [1.29, 1.82) is 0 Å². The van der Waals surface area contributed by atoms with Gasteiger partial charge in [-0.25, -0.2) is 4.79 Å². The quantitative estimate of drug-likeness (QED) is 0.358. The number of hydrogen-bond acceptors (Lipinski definition) is 4. The normalized spacial score (nSPS) is 10.9. The van der Waals surface area contributed by atoms with Crippen LogP contribution in [-0.2, 0) is 6.42 Å². The lowest BCUT2D eigenvalue weighted by Crippen LogP contribution is -2.18. The summed E-state index contributed by atoms with van der Waals surface area (Å²) in [7, 11) is 0. The second-order valence-corrected chi connectivity index (χ2v) is 8.91. The number of carbonyl (C=O) groups excluding carboxylic acids is 2. The molecule has 176 valence electrons. The summed E-state index contributed by atoms with van der Waals surface area (Å²) in [6, 6.07) is 18.8. The van der Waals surface area contributed by atoms with Gasteiger partial charge in [-0.3, -0.25) is 9.59 Å². The molecule has 34 heavy (non-hydrogen) atoms. The predicted octanol–water partition coefficient (Wildman–Crippen LogP) is 6.47. The predicted molar refractivity (Wildman–Crippen MR) is 132 cm³/mol. The molecule has 0 unspecified atom stereocenters. The third-order valence-corrected chi connectivity index (χ3v) is 5.22. The molecule has 0 aliphatic carbocycles. The van der Waals surface area contributed by atoms with Crippen LogP contribution in [0.4, 0.5) is 5.69 Å². The number of carboxylic acids is 1. The zero-order valence-electron chi connectivity index (χ0n) is 19.8. The molecule has 1 amide bonds. The molecular weight excluding hydrogens is 430 g/mol. The first-order chi connectivity index (χ1) is 16.1. The molecule has 0 aromatic heterocycles. The Labute approximate surface area is 199 Å². The minimum absolute atomic E-state index is 0.0687. The van der Waals surface area contributed by atoms with Crippen LogP contribution in [0.25, 0.3) is 0 Å². The number of rotatable bonds is 9. The van der Waals surface area contributed by atoms with Crippen molar-refractivity contribution >= 4 is 23.3 Å². The molecule has 3 rings (SSSR count). The molecule has 3 aromatic rings. The standard InChI is InChI=1S/C28H29NO5/c1-17(2)15-19-5-10-22(11-6-19)34-23-12-8-21(9-13-23)29-27(31)25-16-20(26(30)18(3)4)7-14-24(25)28(32)33/h5-14,16-18H,15H2,1-4H3,(H,29,31)(H,32,33). The van der Waals surface area contributed by atoms with Gasteiger partial charge in [-0.1, -0.05) is 45.9 Å². The van der Waals surface area contributed by atoms with E-state index < -0.39 is 11.9 Å². The summed E-state index contributed by atoms with van der Waals surface area (Å²) >= 11 is 0. The van der Waals surface area contributed by atoms with Crippen LogP contribution in [0.1, 0.15) is 64.3 Å². The van der Waals surface area contributed by atoms with E-state index in [2.05, 4.69) is 19.2 Å². The summed E-state index contributed by atoms with van der Waals surface area (Å²) in [6.45, 7) is 7.85. The molecule has 0 atom stereocenters. The molecular formula is C28H29NO5. The fourth-order valence-electron chi connectivity index (χ4n) is 3.51. The van der Waals surface area contributed by atoms with Gasteiger partial charge in [0.05, 0.1) is 11.1 Å². The van der Waals surface area contributed by atoms with Crippen LogP contribution in [-0.4, -0.2) is 22.8 Å². The Morgan fingerprint density at radius 1 is 0.824 bits per heavy atom. The number of ether oxygens (including phenoxy) is 1. The van der Waals surface area contributed by atoms with Gasteiger partial charge in [0.1, 0.15) is 11.5 Å². The van der Waals surface area contributed by atoms with Crippen LogP contribution in [0.2, 0.25) is 0 Å². The van der Waals surface area contributed by atoms with Gasteiger partial charge in [0.25, 0.3) is 5.91 Å². The maximum atomic E-state index is 12.9. The summed E-state index contributed by atoms with van der Waals surface area (Å²) in [5.41, 5.74) is 1.79. The molecule has 0 saturated heterocycles. The summed E-state index contributed by atoms with van der Waals surface area (Å²) in [5.74, 6) is -0.385. The summed E-state index contributed by atoms with van der Waals surface area (Å²) in [6.07, 6.45) is 1.01. The van der Waals surface area contributed by atoms with Crippen molar-refractivity contribution in [3.63, 3.8) is 0 Å². The number of nitrogens with one attached hydrogen (secondary N) is 1. The van der Waals surface area contributed by atoms with Crippen molar-refractivity contribution < 1.29 is 24.2 Å². The zero-order valence-corrected chi connectivity index (χ0v) is 19.8. The lowest BCUT2D eigenvalue weighted by molar-refractivity contribution is 0.0692. The number of aromatic carboxylic acids is 1. The van der Waals surface area contributed by atoms with E-state index in [0.29, 0.717) is 28.7 Å². The molecule has 0 heterocycles. The van der Waals surface area contributed by atoms with Crippen LogP contribution in [0.5, 0.6) is 11.5 Å². The Morgan fingerprint density at radius 3 is 1.94 bits per heavy atom. The maximum Gasteiger partial charge on any atom is 0.336 e. The van der Waals surface area contributed by atoms with E-state index in [4.69, 9.17) is 4.74 Å². The monoisotopic (exact) mass is 459 g/mol. The molecule has 6 heteroatoms. The van der Waals surface area contributed by atoms with Crippen LogP contribution in [0.15, 0.2) is 66.7 Å². The highest BCUT2D eigenvalue weighted by Crippen LogP contribution is 2.25. The average molecular weight is 460 g/mol. The average Bonchev–Trinajstić information content (AvgIpc) is 2.80. The van der Waals surface area contributed by atoms with E-state index in [9.17, 15) is 19.5 Å². The number of amides is 1. The molecule has 3 aromatic carbocycles. The SMILES string of the molecule is CC(C)Cc1ccc(Oc2ccc(NC(=O)c3cc(C(=O)C(C)C)ccc3C(=O)O)cc2)cc1. The van der Waals surface area contributed by atoms with Gasteiger partial charge in [-0.15, -0.1) is 0 Å². The number of anilines is 1. The number of carbonyl (C=O) groups is 3. The van der Waals surface area contributed by atoms with Gasteiger partial charge in [0.2, 0.25) is 0 Å². The minimum Gasteiger partial charge on any atom is -0.478 e. The Morgan fingerprint density at radius 2 is 1.41 bits per heavy atom. The summed E-state index contributed by atoms with van der Waals surface area (Å²) in [4.78, 5) is 36.8. The minimum atomic E-state index is -1.24. The van der Waals surface area contributed by atoms with E-state index in [1.807, 2.05) is 24.3 Å². The number of benzene rings is 3. The first-order valence-electron chi connectivity index (χ1n) is 11.2. The Kier molecular flexibility index (Phi) is 7.84. The number of hydrogen-bond donors (Lipinski definition) is 2. The topological polar surface area (TPSA) is 92.7 Å². The van der Waals surface area contributed by atoms with Crippen molar-refractivity contribution in [2.24, 2.45) is 11.8 Å². The molecule has 6 nitrogen and oxygen atoms in total. The molecule has 0 spiro atoms. The van der Waals surface area contributed by atoms with E-state index in [-0.39, 0.29) is 22.8 Å². The van der Waals surface area contributed by atoms with Crippen molar-refractivity contribution in [2.75, 3.05) is 5.32 Å². The van der Waals surface area contributed by atoms with Gasteiger partial charge in [-0.2, -0.15) is 0 Å². The van der Waals surface area contributed by atoms with Crippen LogP contribution in [0.3, 0.4) is 0 Å². The van der Waals surface area contributed by atoms with E-state index >= 15 is 0 Å². The highest BCUT2D eigenvalue weighted by molar-refractivity contribution is 6.12. The summed E-state index contributed by atoms with van der Waals surface area (Å²) in [5, 5.41) is 12.2. The van der Waals surface area contributed by atoms with E-state index in [1.165, 1.54) is 23.8 Å². The van der Waals surface area contributed by atoms with Crippen molar-refractivity contribution in [3.8, 4) is 11.5 Å². The van der Waals surface area contributed by atoms with Crippen molar-refractivity contribution in [2.45, 2.75) is 34.1 Å². The first kappa shape index (κ1) is 24.7. The van der Waals surface area contributed by atoms with Crippen molar-refractivity contribution in [3.05, 3.63) is 89.0 Å². The molecule has 0 aliphatic heterocycles. The van der Waals surface area contributed by atoms with Crippen molar-refractivity contribution in [1.82, 2.24) is 0 Å². The third-order valence-electron chi connectivity index (χ3n) is 5.22. The van der Waals surface area contributed by atoms with Crippen LogP contribution >= 0.6 is 0 Å². The smallest absolute Gasteiger partial charge is 0.336 e. The molecule has 0 fully saturated rings. The number of carboxylic acid groups (broad SMARTS) is 1. The van der Waals surface area contributed by atoms with Crippen LogP contribution < -0.4 is 10.1 Å². The third kappa shape index (κ3) is 6.32. The lowest BCUT2D eigenvalue weighted by Gasteiger charge is -2.12. The van der Waals surface area contributed by atoms with Gasteiger partial charge in [0.15, 0.2) is 5.78 Å². The Bertz CT molecular complexity index is 1180. The summed E-state index contributed by atoms with van der Waals surface area (Å²) < 4.78 is 5.87. The van der Waals surface area contributed by atoms with Gasteiger partial charge < -0.3 is 15.2 Å². The second kappa shape index (κ2) is 10.8. The fourth-order valence-corrected chi connectivity index (χ4v) is 3.51. The maximum absolute atomic E-state index is 12.9. The van der Waals surface area contributed by atoms with Gasteiger partial charge in [0, 0.05) is 17.2 Å². The molecule has 0 saturated carbocycles.